The summed E-state index contributed by atoms with van der Waals surface area (Å²) in [4.78, 5) is 19.4. The zero-order chi connectivity index (χ0) is 18.7. The molecule has 0 fully saturated rings. The van der Waals surface area contributed by atoms with E-state index < -0.39 is 4.92 Å². The highest BCUT2D eigenvalue weighted by atomic mass is 16.6. The molecule has 0 aliphatic rings. The number of hydrogen-bond acceptors (Lipinski definition) is 7. The van der Waals surface area contributed by atoms with Crippen molar-refractivity contribution in [2.45, 2.75) is 20.8 Å². The Kier molecular flexibility index (Phi) is 4.78. The monoisotopic (exact) mass is 354 g/mol. The maximum atomic E-state index is 11.7. The number of aryl methyl sites for hydroxylation is 2. The fourth-order valence-electron chi connectivity index (χ4n) is 2.61. The molecule has 0 unspecified atom stereocenters. The van der Waals surface area contributed by atoms with E-state index in [4.69, 9.17) is 4.74 Å². The number of benzene rings is 1. The molecule has 9 nitrogen and oxygen atoms in total. The average molecular weight is 354 g/mol. The molecular weight excluding hydrogens is 336 g/mol. The lowest BCUT2D eigenvalue weighted by Gasteiger charge is -2.12. The summed E-state index contributed by atoms with van der Waals surface area (Å²) in [7, 11) is 0. The van der Waals surface area contributed by atoms with Gasteiger partial charge in [0.1, 0.15) is 12.1 Å². The van der Waals surface area contributed by atoms with E-state index in [1.54, 1.807) is 18.2 Å². The van der Waals surface area contributed by atoms with E-state index in [0.29, 0.717) is 18.0 Å². The van der Waals surface area contributed by atoms with Crippen molar-refractivity contribution in [1.29, 1.82) is 0 Å². The van der Waals surface area contributed by atoms with Crippen LogP contribution in [0.15, 0.2) is 36.7 Å². The number of para-hydroxylation sites is 2. The SMILES string of the molecule is CCOc1ccccc1Nc1ncnc(-n2nc(C)cc2C)c1[N+](=O)[O-]. The summed E-state index contributed by atoms with van der Waals surface area (Å²) >= 11 is 0. The molecule has 0 aliphatic heterocycles. The van der Waals surface area contributed by atoms with E-state index >= 15 is 0 Å². The fraction of sp³-hybridized carbons (Fsp3) is 0.235. The summed E-state index contributed by atoms with van der Waals surface area (Å²) in [6.45, 7) is 5.96. The Morgan fingerprint density at radius 1 is 1.27 bits per heavy atom. The molecule has 1 aromatic carbocycles. The Labute approximate surface area is 149 Å². The predicted molar refractivity (Wildman–Crippen MR) is 96.2 cm³/mol. The number of nitro groups is 1. The maximum Gasteiger partial charge on any atom is 0.355 e. The van der Waals surface area contributed by atoms with Crippen LogP contribution in [0.2, 0.25) is 0 Å². The molecule has 0 radical (unpaired) electrons. The maximum absolute atomic E-state index is 11.7. The highest BCUT2D eigenvalue weighted by Gasteiger charge is 2.26. The third-order valence-corrected chi connectivity index (χ3v) is 3.64. The summed E-state index contributed by atoms with van der Waals surface area (Å²) in [5.74, 6) is 0.752. The number of nitrogens with one attached hydrogen (secondary N) is 1. The number of ether oxygens (including phenoxy) is 1. The molecule has 3 rings (SSSR count). The molecule has 2 heterocycles. The Morgan fingerprint density at radius 3 is 2.69 bits per heavy atom. The van der Waals surface area contributed by atoms with Crippen LogP contribution in [0.1, 0.15) is 18.3 Å². The second-order valence-corrected chi connectivity index (χ2v) is 5.54. The zero-order valence-corrected chi connectivity index (χ0v) is 14.6. The molecule has 0 amide bonds. The quantitative estimate of drug-likeness (QED) is 0.534. The molecule has 134 valence electrons. The molecule has 1 N–H and O–H groups in total. The molecular formula is C17H18N6O3. The van der Waals surface area contributed by atoms with Gasteiger partial charge in [-0.25, -0.2) is 14.6 Å². The number of rotatable bonds is 6. The molecule has 0 saturated heterocycles. The van der Waals surface area contributed by atoms with Gasteiger partial charge in [0, 0.05) is 5.69 Å². The van der Waals surface area contributed by atoms with Gasteiger partial charge in [-0.1, -0.05) is 12.1 Å². The van der Waals surface area contributed by atoms with Gasteiger partial charge in [-0.05, 0) is 39.0 Å². The lowest BCUT2D eigenvalue weighted by atomic mass is 10.3. The first kappa shape index (κ1) is 17.3. The molecule has 2 aromatic heterocycles. The van der Waals surface area contributed by atoms with Crippen molar-refractivity contribution in [3.8, 4) is 11.6 Å². The summed E-state index contributed by atoms with van der Waals surface area (Å²) in [5.41, 5.74) is 1.80. The topological polar surface area (TPSA) is 108 Å². The predicted octanol–water partition coefficient (Wildman–Crippen LogP) is 3.33. The normalized spacial score (nSPS) is 10.6. The molecule has 3 aromatic rings. The van der Waals surface area contributed by atoms with Gasteiger partial charge in [-0.3, -0.25) is 10.1 Å². The largest absolute Gasteiger partial charge is 0.492 e. The first-order valence-corrected chi connectivity index (χ1v) is 8.03. The van der Waals surface area contributed by atoms with E-state index in [2.05, 4.69) is 20.4 Å². The van der Waals surface area contributed by atoms with E-state index in [0.717, 1.165) is 11.4 Å². The lowest BCUT2D eigenvalue weighted by Crippen LogP contribution is -2.10. The molecule has 0 aliphatic carbocycles. The van der Waals surface area contributed by atoms with Gasteiger partial charge in [-0.15, -0.1) is 0 Å². The third-order valence-electron chi connectivity index (χ3n) is 3.64. The van der Waals surface area contributed by atoms with Crippen molar-refractivity contribution in [1.82, 2.24) is 19.7 Å². The van der Waals surface area contributed by atoms with Crippen LogP contribution in [0.3, 0.4) is 0 Å². The average Bonchev–Trinajstić information content (AvgIpc) is 2.94. The van der Waals surface area contributed by atoms with Gasteiger partial charge in [0.05, 0.1) is 22.9 Å². The van der Waals surface area contributed by atoms with Gasteiger partial charge >= 0.3 is 5.69 Å². The van der Waals surface area contributed by atoms with Gasteiger partial charge in [0.15, 0.2) is 0 Å². The van der Waals surface area contributed by atoms with Gasteiger partial charge in [0.25, 0.3) is 0 Å². The van der Waals surface area contributed by atoms with Crippen molar-refractivity contribution in [3.63, 3.8) is 0 Å². The summed E-state index contributed by atoms with van der Waals surface area (Å²) < 4.78 is 6.99. The Hall–Kier alpha value is -3.49. The van der Waals surface area contributed by atoms with E-state index in [1.165, 1.54) is 11.0 Å². The minimum Gasteiger partial charge on any atom is -0.492 e. The van der Waals surface area contributed by atoms with Crippen LogP contribution >= 0.6 is 0 Å². The van der Waals surface area contributed by atoms with E-state index in [1.807, 2.05) is 32.9 Å². The summed E-state index contributed by atoms with van der Waals surface area (Å²) in [5, 5.41) is 19.0. The second kappa shape index (κ2) is 7.18. The van der Waals surface area contributed by atoms with Crippen LogP contribution in [0.25, 0.3) is 5.82 Å². The zero-order valence-electron chi connectivity index (χ0n) is 14.6. The minimum atomic E-state index is -0.516. The summed E-state index contributed by atoms with van der Waals surface area (Å²) in [6.07, 6.45) is 1.27. The minimum absolute atomic E-state index is 0.0692. The van der Waals surface area contributed by atoms with Crippen LogP contribution < -0.4 is 10.1 Å². The lowest BCUT2D eigenvalue weighted by molar-refractivity contribution is -0.384. The molecule has 0 bridgehead atoms. The number of anilines is 2. The standard InChI is InChI=1S/C17H18N6O3/c1-4-26-14-8-6-5-7-13(14)20-16-15(23(24)25)17(19-10-18-16)22-12(3)9-11(2)21-22/h5-10H,4H2,1-3H3,(H,18,19,20). The van der Waals surface area contributed by atoms with Crippen LogP contribution in [-0.2, 0) is 0 Å². The van der Waals surface area contributed by atoms with Gasteiger partial charge in [-0.2, -0.15) is 5.10 Å². The second-order valence-electron chi connectivity index (χ2n) is 5.54. The van der Waals surface area contributed by atoms with Crippen molar-refractivity contribution in [2.75, 3.05) is 11.9 Å². The molecule has 0 spiro atoms. The Balaban J connectivity index is 2.10. The smallest absolute Gasteiger partial charge is 0.355 e. The third kappa shape index (κ3) is 3.32. The molecule has 26 heavy (non-hydrogen) atoms. The molecule has 0 saturated carbocycles. The van der Waals surface area contributed by atoms with Crippen LogP contribution in [0.5, 0.6) is 5.75 Å². The number of aromatic nitrogens is 4. The molecule has 9 heteroatoms. The van der Waals surface area contributed by atoms with E-state index in [-0.39, 0.29) is 17.3 Å². The van der Waals surface area contributed by atoms with Gasteiger partial charge < -0.3 is 10.1 Å². The first-order valence-electron chi connectivity index (χ1n) is 8.03. The van der Waals surface area contributed by atoms with Crippen molar-refractivity contribution >= 4 is 17.2 Å². The number of nitrogens with zero attached hydrogens (tertiary/aromatic N) is 5. The highest BCUT2D eigenvalue weighted by molar-refractivity contribution is 5.73. The van der Waals surface area contributed by atoms with Gasteiger partial charge in [0.2, 0.25) is 11.6 Å². The van der Waals surface area contributed by atoms with Crippen molar-refractivity contribution < 1.29 is 9.66 Å². The van der Waals surface area contributed by atoms with Crippen LogP contribution in [-0.4, -0.2) is 31.3 Å². The fourth-order valence-corrected chi connectivity index (χ4v) is 2.61. The van der Waals surface area contributed by atoms with E-state index in [9.17, 15) is 10.1 Å². The number of hydrogen-bond donors (Lipinski definition) is 1. The Morgan fingerprint density at radius 2 is 2.04 bits per heavy atom. The highest BCUT2D eigenvalue weighted by Crippen LogP contribution is 2.33. The molecule has 0 atom stereocenters. The Bertz CT molecular complexity index is 953. The van der Waals surface area contributed by atoms with Crippen molar-refractivity contribution in [2.24, 2.45) is 0 Å². The van der Waals surface area contributed by atoms with Crippen LogP contribution in [0, 0.1) is 24.0 Å². The van der Waals surface area contributed by atoms with Crippen molar-refractivity contribution in [3.05, 3.63) is 58.2 Å². The van der Waals surface area contributed by atoms with Crippen LogP contribution in [0.4, 0.5) is 17.2 Å². The first-order chi connectivity index (χ1) is 12.5. The summed E-state index contributed by atoms with van der Waals surface area (Å²) in [6, 6.07) is 9.00.